The summed E-state index contributed by atoms with van der Waals surface area (Å²) in [5, 5.41) is 5.47. The summed E-state index contributed by atoms with van der Waals surface area (Å²) in [5.74, 6) is -1.34. The number of alkyl carbamates (subject to hydrolysis) is 2. The first-order chi connectivity index (χ1) is 29.1. The molecule has 336 valence electrons. The molecular weight excluding hydrogens is 811 g/mol. The number of hydrogen-bond acceptors (Lipinski definition) is 13. The van der Waals surface area contributed by atoms with E-state index >= 15 is 0 Å². The van der Waals surface area contributed by atoms with Gasteiger partial charge in [-0.25, -0.2) is 29.2 Å². The minimum Gasteiger partial charge on any atom is -0.456 e. The Morgan fingerprint density at radius 1 is 0.667 bits per heavy atom. The highest BCUT2D eigenvalue weighted by molar-refractivity contribution is 6.02. The van der Waals surface area contributed by atoms with E-state index in [1.54, 1.807) is 82.8 Å². The van der Waals surface area contributed by atoms with Crippen LogP contribution < -0.4 is 15.4 Å². The number of esters is 2. The summed E-state index contributed by atoms with van der Waals surface area (Å²) in [4.78, 5) is 91.8. The smallest absolute Gasteiger partial charge is 0.414 e. The molecule has 0 aliphatic heterocycles. The van der Waals surface area contributed by atoms with Crippen LogP contribution in [0, 0.1) is 0 Å². The summed E-state index contributed by atoms with van der Waals surface area (Å²) in [6.45, 7) is 24.4. The molecule has 0 fully saturated rings. The quantitative estimate of drug-likeness (QED) is 0.0560. The van der Waals surface area contributed by atoms with Crippen LogP contribution in [0.15, 0.2) is 77.8 Å². The number of benzene rings is 3. The molecule has 0 aliphatic carbocycles. The van der Waals surface area contributed by atoms with Crippen molar-refractivity contribution in [3.63, 3.8) is 0 Å². The molecule has 0 bridgehead atoms. The monoisotopic (exact) mass is 867 g/mol. The summed E-state index contributed by atoms with van der Waals surface area (Å²) in [7, 11) is 0. The molecule has 4 rings (SSSR count). The third-order valence-corrected chi connectivity index (χ3v) is 8.21. The van der Waals surface area contributed by atoms with Crippen molar-refractivity contribution in [2.24, 2.45) is 4.99 Å². The molecule has 0 atom stereocenters. The summed E-state index contributed by atoms with van der Waals surface area (Å²) in [6.07, 6.45) is -1.44. The molecule has 0 radical (unpaired) electrons. The van der Waals surface area contributed by atoms with E-state index in [1.807, 2.05) is 39.8 Å². The highest BCUT2D eigenvalue weighted by Gasteiger charge is 2.25. The number of guanidine groups is 1. The third-order valence-electron chi connectivity index (χ3n) is 8.21. The first-order valence-corrected chi connectivity index (χ1v) is 20.1. The summed E-state index contributed by atoms with van der Waals surface area (Å²) >= 11 is 0. The Morgan fingerprint density at radius 2 is 1.22 bits per heavy atom. The maximum Gasteiger partial charge on any atom is 0.414 e. The number of aromatic nitrogens is 1. The Bertz CT molecular complexity index is 2340. The summed E-state index contributed by atoms with van der Waals surface area (Å²) in [5.41, 5.74) is 0.918. The number of carbonyl (C=O) groups is 5. The lowest BCUT2D eigenvalue weighted by molar-refractivity contribution is -0.191. The van der Waals surface area contributed by atoms with Gasteiger partial charge in [0.25, 0.3) is 5.91 Å². The van der Waals surface area contributed by atoms with E-state index in [4.69, 9.17) is 28.5 Å². The lowest BCUT2D eigenvalue weighted by Crippen LogP contribution is -2.47. The van der Waals surface area contributed by atoms with Crippen LogP contribution in [0.3, 0.4) is 0 Å². The number of amides is 3. The summed E-state index contributed by atoms with van der Waals surface area (Å²) in [6, 6.07) is 19.9. The average molecular weight is 868 g/mol. The molecule has 0 saturated carbocycles. The fraction of sp³-hybridized carbons (Fsp3) is 0.404. The minimum absolute atomic E-state index is 0.209. The van der Waals surface area contributed by atoms with Gasteiger partial charge in [0, 0.05) is 18.5 Å². The molecule has 63 heavy (non-hydrogen) atoms. The molecule has 3 amide bonds. The zero-order valence-electron chi connectivity index (χ0n) is 38.2. The number of nitrogens with one attached hydrogen (secondary N) is 2. The molecule has 0 aliphatic rings. The second-order valence-electron chi connectivity index (χ2n) is 18.3. The zero-order valence-corrected chi connectivity index (χ0v) is 38.2. The normalized spacial score (nSPS) is 11.4. The van der Waals surface area contributed by atoms with E-state index in [0.29, 0.717) is 28.7 Å². The largest absolute Gasteiger partial charge is 0.456 e. The van der Waals surface area contributed by atoms with E-state index in [1.165, 1.54) is 24.3 Å². The fourth-order valence-corrected chi connectivity index (χ4v) is 5.52. The zero-order chi connectivity index (χ0) is 47.5. The Labute approximate surface area is 367 Å². The van der Waals surface area contributed by atoms with Crippen LogP contribution in [0.2, 0.25) is 0 Å². The van der Waals surface area contributed by atoms with Crippen molar-refractivity contribution < 1.29 is 52.5 Å². The number of fused-ring (bicyclic) bond motifs is 1. The standard InChI is InChI=1S/C46H57N5O9.CO2/c1-14-51(27-28-23-31(39(54)58-44(5,6)7)25-32(24-28)43(2,3)4)37(52)36-21-17-30-26-34(20-22-35(30)48-36)57-38(53)29-15-18-33(19-16-29)47-40(49-41(55)59-45(8,9)10)50-42(56)60-46(11,12)13;2-1-3/h15-26H,14,27H2,1-13H3,(H2,47,49,50,55,56);. The Morgan fingerprint density at radius 3 is 1.73 bits per heavy atom. The predicted octanol–water partition coefficient (Wildman–Crippen LogP) is 8.82. The van der Waals surface area contributed by atoms with E-state index in [2.05, 4.69) is 41.4 Å². The van der Waals surface area contributed by atoms with Gasteiger partial charge in [0.15, 0.2) is 0 Å². The Kier molecular flexibility index (Phi) is 16.6. The number of ether oxygens (including phenoxy) is 4. The molecule has 3 aromatic carbocycles. The lowest BCUT2D eigenvalue weighted by atomic mass is 9.85. The summed E-state index contributed by atoms with van der Waals surface area (Å²) < 4.78 is 21.9. The second kappa shape index (κ2) is 20.8. The molecule has 2 N–H and O–H groups in total. The van der Waals surface area contributed by atoms with Crippen LogP contribution in [0.1, 0.15) is 132 Å². The van der Waals surface area contributed by atoms with E-state index in [0.717, 1.165) is 11.1 Å². The Balaban J connectivity index is 0.00000342. The van der Waals surface area contributed by atoms with Gasteiger partial charge in [-0.05, 0) is 146 Å². The van der Waals surface area contributed by atoms with Gasteiger partial charge in [0.1, 0.15) is 28.2 Å². The van der Waals surface area contributed by atoms with Crippen LogP contribution in [0.5, 0.6) is 5.75 Å². The predicted molar refractivity (Wildman–Crippen MR) is 235 cm³/mol. The third kappa shape index (κ3) is 16.8. The number of aliphatic imine (C=N–C) groups is 1. The molecular formula is C47H57N5O11. The fourth-order valence-electron chi connectivity index (χ4n) is 5.52. The number of hydrogen-bond donors (Lipinski definition) is 2. The van der Waals surface area contributed by atoms with Crippen LogP contribution in [-0.2, 0) is 35.8 Å². The molecule has 0 unspecified atom stereocenters. The highest BCUT2D eigenvalue weighted by atomic mass is 16.6. The van der Waals surface area contributed by atoms with E-state index < -0.39 is 40.9 Å². The maximum atomic E-state index is 13.8. The van der Waals surface area contributed by atoms with Crippen molar-refractivity contribution in [1.82, 2.24) is 20.5 Å². The molecule has 1 aromatic heterocycles. The first-order valence-electron chi connectivity index (χ1n) is 20.1. The van der Waals surface area contributed by atoms with Crippen molar-refractivity contribution in [1.29, 1.82) is 0 Å². The topological polar surface area (TPSA) is 209 Å². The molecule has 0 saturated heterocycles. The van der Waals surface area contributed by atoms with Crippen molar-refractivity contribution in [3.8, 4) is 5.75 Å². The van der Waals surface area contributed by atoms with Gasteiger partial charge >= 0.3 is 30.3 Å². The van der Waals surface area contributed by atoms with Crippen LogP contribution in [0.25, 0.3) is 10.9 Å². The average Bonchev–Trinajstić information content (AvgIpc) is 3.14. The van der Waals surface area contributed by atoms with Crippen LogP contribution in [0.4, 0.5) is 15.3 Å². The number of carbonyl (C=O) groups excluding carboxylic acids is 7. The first kappa shape index (κ1) is 50.4. The van der Waals surface area contributed by atoms with E-state index in [-0.39, 0.29) is 47.0 Å². The van der Waals surface area contributed by atoms with Crippen LogP contribution in [-0.4, -0.2) is 75.4 Å². The second-order valence-corrected chi connectivity index (χ2v) is 18.3. The molecule has 1 heterocycles. The highest BCUT2D eigenvalue weighted by Crippen LogP contribution is 2.28. The van der Waals surface area contributed by atoms with Crippen molar-refractivity contribution in [2.75, 3.05) is 6.54 Å². The van der Waals surface area contributed by atoms with E-state index in [9.17, 15) is 24.0 Å². The molecule has 16 heteroatoms. The minimum atomic E-state index is -0.844. The van der Waals surface area contributed by atoms with Gasteiger partial charge in [-0.3, -0.25) is 15.4 Å². The molecule has 16 nitrogen and oxygen atoms in total. The van der Waals surface area contributed by atoms with Gasteiger partial charge in [-0.2, -0.15) is 9.59 Å². The van der Waals surface area contributed by atoms with Gasteiger partial charge in [0.2, 0.25) is 5.96 Å². The maximum absolute atomic E-state index is 13.8. The van der Waals surface area contributed by atoms with Gasteiger partial charge in [0.05, 0.1) is 22.3 Å². The molecule has 4 aromatic rings. The number of pyridine rings is 1. The van der Waals surface area contributed by atoms with Crippen molar-refractivity contribution >= 4 is 58.7 Å². The van der Waals surface area contributed by atoms with Crippen molar-refractivity contribution in [3.05, 3.63) is 101 Å². The number of rotatable bonds is 8. The van der Waals surface area contributed by atoms with Crippen molar-refractivity contribution in [2.45, 2.75) is 119 Å². The SMILES string of the molecule is CCN(Cc1cc(C(=O)OC(C)(C)C)cc(C(C)(C)C)c1)C(=O)c1ccc2cc(OC(=O)c3ccc(N=C(NC(=O)OC(C)(C)C)NC(=O)OC(C)(C)C)cc3)ccc2n1.O=C=O. The number of nitrogens with zero attached hydrogens (tertiary/aromatic N) is 3. The van der Waals surface area contributed by atoms with Gasteiger partial charge in [-0.15, -0.1) is 0 Å². The van der Waals surface area contributed by atoms with Crippen LogP contribution >= 0.6 is 0 Å². The molecule has 0 spiro atoms. The Hall–Kier alpha value is -6.93. The van der Waals surface area contributed by atoms with Gasteiger partial charge in [-0.1, -0.05) is 32.9 Å². The van der Waals surface area contributed by atoms with Gasteiger partial charge < -0.3 is 23.8 Å². The lowest BCUT2D eigenvalue weighted by Gasteiger charge is -2.25.